The summed E-state index contributed by atoms with van der Waals surface area (Å²) in [6, 6.07) is 19.3. The van der Waals surface area contributed by atoms with Crippen molar-refractivity contribution in [2.45, 2.75) is 19.5 Å². The Hall–Kier alpha value is -2.56. The maximum Gasteiger partial charge on any atom is 0.177 e. The van der Waals surface area contributed by atoms with Crippen LogP contribution < -0.4 is 4.74 Å². The number of nitrogens with zero attached hydrogens (tertiary/aromatic N) is 1. The van der Waals surface area contributed by atoms with E-state index < -0.39 is 0 Å². The standard InChI is InChI=1S/C23H21NO2S/c1-25-20-9-8-18(15-24-11-10-16-5-2-3-6-17(16)14-24)19-13-21(26-23(19)20)22-7-4-12-27-22/h2-9,12-13H,10-11,14-15H2,1H3. The number of ether oxygens (including phenoxy) is 1. The molecule has 27 heavy (non-hydrogen) atoms. The van der Waals surface area contributed by atoms with Gasteiger partial charge >= 0.3 is 0 Å². The van der Waals surface area contributed by atoms with Gasteiger partial charge in [-0.1, -0.05) is 36.4 Å². The number of thiophene rings is 1. The van der Waals surface area contributed by atoms with Gasteiger partial charge in [0.1, 0.15) is 5.76 Å². The molecule has 0 fully saturated rings. The second kappa shape index (κ2) is 6.87. The fraction of sp³-hybridized carbons (Fsp3) is 0.217. The minimum Gasteiger partial charge on any atom is -0.493 e. The van der Waals surface area contributed by atoms with Gasteiger partial charge in [-0.05, 0) is 46.7 Å². The molecule has 1 aliphatic heterocycles. The number of fused-ring (bicyclic) bond motifs is 2. The van der Waals surface area contributed by atoms with E-state index in [-0.39, 0.29) is 0 Å². The van der Waals surface area contributed by atoms with Crippen molar-refractivity contribution in [3.8, 4) is 16.4 Å². The molecule has 0 saturated heterocycles. The summed E-state index contributed by atoms with van der Waals surface area (Å²) < 4.78 is 11.7. The fourth-order valence-electron chi connectivity index (χ4n) is 3.92. The molecular formula is C23H21NO2S. The van der Waals surface area contributed by atoms with Crippen molar-refractivity contribution in [2.24, 2.45) is 0 Å². The summed E-state index contributed by atoms with van der Waals surface area (Å²) in [5.41, 5.74) is 5.06. The Bertz CT molecular complexity index is 1080. The first-order valence-electron chi connectivity index (χ1n) is 9.24. The zero-order valence-electron chi connectivity index (χ0n) is 15.3. The van der Waals surface area contributed by atoms with E-state index in [0.717, 1.165) is 53.4 Å². The Balaban J connectivity index is 1.50. The molecule has 0 N–H and O–H groups in total. The smallest absolute Gasteiger partial charge is 0.177 e. The molecule has 0 atom stereocenters. The van der Waals surface area contributed by atoms with Gasteiger partial charge in [-0.15, -0.1) is 11.3 Å². The molecule has 1 aliphatic rings. The molecule has 4 heteroatoms. The number of rotatable bonds is 4. The van der Waals surface area contributed by atoms with Crippen LogP contribution in [0.4, 0.5) is 0 Å². The molecule has 0 unspecified atom stereocenters. The summed E-state index contributed by atoms with van der Waals surface area (Å²) in [4.78, 5) is 3.66. The molecule has 0 radical (unpaired) electrons. The molecule has 0 aliphatic carbocycles. The average Bonchev–Trinajstić information content (AvgIpc) is 3.38. The summed E-state index contributed by atoms with van der Waals surface area (Å²) >= 11 is 1.69. The third-order valence-corrected chi connectivity index (χ3v) is 6.21. The number of furan rings is 1. The highest BCUT2D eigenvalue weighted by atomic mass is 32.1. The van der Waals surface area contributed by atoms with Crippen molar-refractivity contribution in [1.82, 2.24) is 4.90 Å². The van der Waals surface area contributed by atoms with Gasteiger partial charge in [-0.25, -0.2) is 0 Å². The first kappa shape index (κ1) is 16.6. The molecule has 2 aromatic heterocycles. The zero-order valence-corrected chi connectivity index (χ0v) is 16.1. The van der Waals surface area contributed by atoms with Crippen LogP contribution in [0.3, 0.4) is 0 Å². The van der Waals surface area contributed by atoms with Gasteiger partial charge in [0.05, 0.1) is 12.0 Å². The van der Waals surface area contributed by atoms with Crippen LogP contribution in [-0.4, -0.2) is 18.6 Å². The normalized spacial score (nSPS) is 14.4. The SMILES string of the molecule is COc1ccc(CN2CCc3ccccc3C2)c2cc(-c3cccs3)oc12. The Morgan fingerprint density at radius 3 is 2.78 bits per heavy atom. The van der Waals surface area contributed by atoms with E-state index in [2.05, 4.69) is 58.8 Å². The second-order valence-corrected chi connectivity index (χ2v) is 7.93. The van der Waals surface area contributed by atoms with Crippen LogP contribution in [0.5, 0.6) is 5.75 Å². The fourth-order valence-corrected chi connectivity index (χ4v) is 4.60. The maximum atomic E-state index is 6.19. The maximum absolute atomic E-state index is 6.19. The largest absolute Gasteiger partial charge is 0.493 e. The highest BCUT2D eigenvalue weighted by Crippen LogP contribution is 2.37. The van der Waals surface area contributed by atoms with Crippen molar-refractivity contribution in [3.05, 3.63) is 76.7 Å². The van der Waals surface area contributed by atoms with Gasteiger partial charge in [0, 0.05) is 25.0 Å². The van der Waals surface area contributed by atoms with Crippen LogP contribution in [-0.2, 0) is 19.5 Å². The van der Waals surface area contributed by atoms with Crippen LogP contribution in [0.2, 0.25) is 0 Å². The average molecular weight is 375 g/mol. The van der Waals surface area contributed by atoms with Gasteiger partial charge in [0.15, 0.2) is 11.3 Å². The zero-order chi connectivity index (χ0) is 18.2. The predicted octanol–water partition coefficient (Wildman–Crippen LogP) is 5.73. The number of benzene rings is 2. The van der Waals surface area contributed by atoms with Crippen LogP contribution >= 0.6 is 11.3 Å². The molecule has 136 valence electrons. The minimum atomic E-state index is 0.792. The summed E-state index contributed by atoms with van der Waals surface area (Å²) in [6.07, 6.45) is 1.11. The van der Waals surface area contributed by atoms with Gasteiger partial charge in [-0.3, -0.25) is 4.90 Å². The number of hydrogen-bond donors (Lipinski definition) is 0. The van der Waals surface area contributed by atoms with E-state index in [1.54, 1.807) is 18.4 Å². The first-order chi connectivity index (χ1) is 13.3. The highest BCUT2D eigenvalue weighted by molar-refractivity contribution is 7.13. The highest BCUT2D eigenvalue weighted by Gasteiger charge is 2.19. The van der Waals surface area contributed by atoms with Gasteiger partial charge < -0.3 is 9.15 Å². The second-order valence-electron chi connectivity index (χ2n) is 6.99. The Labute approximate surface area is 162 Å². The third kappa shape index (κ3) is 3.05. The molecule has 2 aromatic carbocycles. The minimum absolute atomic E-state index is 0.792. The lowest BCUT2D eigenvalue weighted by Crippen LogP contribution is -2.30. The lowest BCUT2D eigenvalue weighted by atomic mass is 9.99. The quantitative estimate of drug-likeness (QED) is 0.456. The topological polar surface area (TPSA) is 25.6 Å². The van der Waals surface area contributed by atoms with Crippen molar-refractivity contribution in [1.29, 1.82) is 0 Å². The predicted molar refractivity (Wildman–Crippen MR) is 110 cm³/mol. The lowest BCUT2D eigenvalue weighted by molar-refractivity contribution is 0.246. The van der Waals surface area contributed by atoms with Crippen molar-refractivity contribution in [3.63, 3.8) is 0 Å². The summed E-state index contributed by atoms with van der Waals surface area (Å²) in [5, 5.41) is 3.22. The first-order valence-corrected chi connectivity index (χ1v) is 10.1. The lowest BCUT2D eigenvalue weighted by Gasteiger charge is -2.29. The molecule has 5 rings (SSSR count). The Morgan fingerprint density at radius 1 is 1.07 bits per heavy atom. The molecule has 0 bridgehead atoms. The van der Waals surface area contributed by atoms with Crippen LogP contribution in [0.25, 0.3) is 21.6 Å². The van der Waals surface area contributed by atoms with E-state index in [1.165, 1.54) is 16.7 Å². The van der Waals surface area contributed by atoms with Crippen molar-refractivity contribution in [2.75, 3.05) is 13.7 Å². The summed E-state index contributed by atoms with van der Waals surface area (Å²) in [5.74, 6) is 1.70. The van der Waals surface area contributed by atoms with E-state index in [0.29, 0.717) is 0 Å². The van der Waals surface area contributed by atoms with Gasteiger partial charge in [0.2, 0.25) is 0 Å². The van der Waals surface area contributed by atoms with Gasteiger partial charge in [0.25, 0.3) is 0 Å². The van der Waals surface area contributed by atoms with E-state index >= 15 is 0 Å². The molecule has 0 spiro atoms. The van der Waals surface area contributed by atoms with Crippen LogP contribution in [0, 0.1) is 0 Å². The molecule has 3 heterocycles. The van der Waals surface area contributed by atoms with Crippen molar-refractivity contribution >= 4 is 22.3 Å². The summed E-state index contributed by atoms with van der Waals surface area (Å²) in [6.45, 7) is 3.00. The van der Waals surface area contributed by atoms with Gasteiger partial charge in [-0.2, -0.15) is 0 Å². The monoisotopic (exact) mass is 375 g/mol. The number of methoxy groups -OCH3 is 1. The Kier molecular flexibility index (Phi) is 4.23. The molecule has 4 aromatic rings. The van der Waals surface area contributed by atoms with Crippen LogP contribution in [0.1, 0.15) is 16.7 Å². The molecule has 3 nitrogen and oxygen atoms in total. The molecule has 0 amide bonds. The van der Waals surface area contributed by atoms with E-state index in [1.807, 2.05) is 6.07 Å². The van der Waals surface area contributed by atoms with Crippen molar-refractivity contribution < 1.29 is 9.15 Å². The molecular weight excluding hydrogens is 354 g/mol. The Morgan fingerprint density at radius 2 is 1.96 bits per heavy atom. The van der Waals surface area contributed by atoms with Crippen LogP contribution in [0.15, 0.2) is 64.4 Å². The summed E-state index contributed by atoms with van der Waals surface area (Å²) in [7, 11) is 1.70. The number of hydrogen-bond acceptors (Lipinski definition) is 4. The molecule has 0 saturated carbocycles. The van der Waals surface area contributed by atoms with E-state index in [9.17, 15) is 0 Å². The van der Waals surface area contributed by atoms with E-state index in [4.69, 9.17) is 9.15 Å². The third-order valence-electron chi connectivity index (χ3n) is 5.33.